The predicted molar refractivity (Wildman–Crippen MR) is 82.5 cm³/mol. The van der Waals surface area contributed by atoms with Gasteiger partial charge in [-0.05, 0) is 24.3 Å². The third-order valence-electron chi connectivity index (χ3n) is 3.13. The molecule has 2 aromatic rings. The summed E-state index contributed by atoms with van der Waals surface area (Å²) in [7, 11) is 2.97. The van der Waals surface area contributed by atoms with Crippen LogP contribution in [0.3, 0.4) is 0 Å². The van der Waals surface area contributed by atoms with Crippen molar-refractivity contribution in [2.24, 2.45) is 0 Å². The van der Waals surface area contributed by atoms with E-state index in [1.807, 2.05) is 30.3 Å². The van der Waals surface area contributed by atoms with Crippen LogP contribution in [-0.4, -0.2) is 20.2 Å². The van der Waals surface area contributed by atoms with Gasteiger partial charge in [0.25, 0.3) is 0 Å². The first-order valence-corrected chi connectivity index (χ1v) is 6.49. The van der Waals surface area contributed by atoms with Gasteiger partial charge in [0.05, 0.1) is 19.8 Å². The molecule has 3 N–H and O–H groups in total. The fraction of sp³-hybridized carbons (Fsp3) is 0.188. The van der Waals surface area contributed by atoms with Gasteiger partial charge in [0.2, 0.25) is 0 Å². The minimum Gasteiger partial charge on any atom is -0.496 e. The summed E-state index contributed by atoms with van der Waals surface area (Å²) in [6.07, 6.45) is 0. The molecule has 0 spiro atoms. The number of nitrogen functional groups attached to an aromatic ring is 1. The van der Waals surface area contributed by atoms with Gasteiger partial charge in [0, 0.05) is 23.5 Å². The van der Waals surface area contributed by atoms with Crippen molar-refractivity contribution in [1.82, 2.24) is 0 Å². The first-order valence-electron chi connectivity index (χ1n) is 6.49. The molecule has 5 nitrogen and oxygen atoms in total. The number of anilines is 2. The second kappa shape index (κ2) is 6.65. The van der Waals surface area contributed by atoms with Gasteiger partial charge in [-0.15, -0.1) is 0 Å². The van der Waals surface area contributed by atoms with Crippen LogP contribution in [0.5, 0.6) is 5.75 Å². The van der Waals surface area contributed by atoms with E-state index in [-0.39, 0.29) is 0 Å². The van der Waals surface area contributed by atoms with Crippen molar-refractivity contribution in [1.29, 1.82) is 0 Å². The molecule has 0 saturated heterocycles. The molecule has 0 fully saturated rings. The van der Waals surface area contributed by atoms with E-state index in [0.717, 1.165) is 17.0 Å². The van der Waals surface area contributed by atoms with Crippen molar-refractivity contribution in [3.63, 3.8) is 0 Å². The number of carbonyl (C=O) groups is 1. The highest BCUT2D eigenvalue weighted by Crippen LogP contribution is 2.22. The maximum absolute atomic E-state index is 11.6. The quantitative estimate of drug-likeness (QED) is 0.653. The molecule has 5 heteroatoms. The normalized spacial score (nSPS) is 10.0. The first-order chi connectivity index (χ1) is 10.2. The Kier molecular flexibility index (Phi) is 4.66. The number of esters is 1. The summed E-state index contributed by atoms with van der Waals surface area (Å²) in [5, 5.41) is 3.24. The summed E-state index contributed by atoms with van der Waals surface area (Å²) >= 11 is 0. The van der Waals surface area contributed by atoms with Crippen LogP contribution < -0.4 is 15.8 Å². The van der Waals surface area contributed by atoms with Crippen molar-refractivity contribution >= 4 is 17.3 Å². The van der Waals surface area contributed by atoms with Crippen LogP contribution in [-0.2, 0) is 11.3 Å². The van der Waals surface area contributed by atoms with Gasteiger partial charge in [-0.25, -0.2) is 4.79 Å². The van der Waals surface area contributed by atoms with Gasteiger partial charge in [0.15, 0.2) is 0 Å². The Balaban J connectivity index is 2.15. The largest absolute Gasteiger partial charge is 0.496 e. The monoisotopic (exact) mass is 286 g/mol. The summed E-state index contributed by atoms with van der Waals surface area (Å²) in [5.74, 6) is 0.363. The van der Waals surface area contributed by atoms with Gasteiger partial charge in [-0.1, -0.05) is 18.2 Å². The molecule has 0 bridgehead atoms. The molecule has 0 aliphatic carbocycles. The van der Waals surface area contributed by atoms with E-state index in [4.69, 9.17) is 15.2 Å². The lowest BCUT2D eigenvalue weighted by atomic mass is 10.1. The fourth-order valence-corrected chi connectivity index (χ4v) is 2.00. The molecular formula is C16H18N2O3. The van der Waals surface area contributed by atoms with E-state index in [2.05, 4.69) is 5.32 Å². The Hall–Kier alpha value is -2.69. The fourth-order valence-electron chi connectivity index (χ4n) is 2.00. The number of benzene rings is 2. The summed E-state index contributed by atoms with van der Waals surface area (Å²) < 4.78 is 10.0. The lowest BCUT2D eigenvalue weighted by molar-refractivity contribution is 0.0602. The minimum atomic E-state index is -0.451. The molecule has 0 saturated carbocycles. The number of carbonyl (C=O) groups excluding carboxylic acids is 1. The molecule has 2 rings (SSSR count). The molecule has 0 aromatic heterocycles. The van der Waals surface area contributed by atoms with Crippen LogP contribution in [0.2, 0.25) is 0 Å². The number of hydrogen-bond acceptors (Lipinski definition) is 5. The van der Waals surface area contributed by atoms with Crippen molar-refractivity contribution in [2.75, 3.05) is 25.3 Å². The van der Waals surface area contributed by atoms with Gasteiger partial charge in [0.1, 0.15) is 5.75 Å². The van der Waals surface area contributed by atoms with Crippen LogP contribution in [0.15, 0.2) is 42.5 Å². The van der Waals surface area contributed by atoms with Crippen molar-refractivity contribution in [3.05, 3.63) is 53.6 Å². The van der Waals surface area contributed by atoms with E-state index in [0.29, 0.717) is 17.8 Å². The lowest BCUT2D eigenvalue weighted by Gasteiger charge is -2.12. The van der Waals surface area contributed by atoms with Crippen molar-refractivity contribution < 1.29 is 14.3 Å². The van der Waals surface area contributed by atoms with E-state index in [1.165, 1.54) is 7.11 Å². The number of ether oxygens (including phenoxy) is 2. The maximum atomic E-state index is 11.6. The number of nitrogens with one attached hydrogen (secondary N) is 1. The molecule has 2 aromatic carbocycles. The van der Waals surface area contributed by atoms with Crippen molar-refractivity contribution in [3.8, 4) is 5.75 Å². The molecule has 0 radical (unpaired) electrons. The van der Waals surface area contributed by atoms with Crippen LogP contribution in [0.25, 0.3) is 0 Å². The van der Waals surface area contributed by atoms with Crippen LogP contribution in [0, 0.1) is 0 Å². The number of hydrogen-bond donors (Lipinski definition) is 2. The lowest BCUT2D eigenvalue weighted by Crippen LogP contribution is -2.07. The smallest absolute Gasteiger partial charge is 0.340 e. The van der Waals surface area contributed by atoms with Crippen LogP contribution >= 0.6 is 0 Å². The highest BCUT2D eigenvalue weighted by atomic mass is 16.5. The summed E-state index contributed by atoms with van der Waals surface area (Å²) in [4.78, 5) is 11.6. The third-order valence-corrected chi connectivity index (χ3v) is 3.13. The second-order valence-electron chi connectivity index (χ2n) is 4.46. The maximum Gasteiger partial charge on any atom is 0.340 e. The highest BCUT2D eigenvalue weighted by Gasteiger charge is 2.10. The topological polar surface area (TPSA) is 73.6 Å². The van der Waals surface area contributed by atoms with E-state index < -0.39 is 5.97 Å². The first kappa shape index (κ1) is 14.7. The molecule has 0 aliphatic heterocycles. The molecule has 0 unspecified atom stereocenters. The van der Waals surface area contributed by atoms with E-state index in [1.54, 1.807) is 19.2 Å². The van der Waals surface area contributed by atoms with Crippen LogP contribution in [0.1, 0.15) is 15.9 Å². The summed E-state index contributed by atoms with van der Waals surface area (Å²) in [6.45, 7) is 0.578. The highest BCUT2D eigenvalue weighted by molar-refractivity contribution is 5.96. The predicted octanol–water partition coefficient (Wildman–Crippen LogP) is 2.68. The minimum absolute atomic E-state index is 0.350. The van der Waals surface area contributed by atoms with Gasteiger partial charge < -0.3 is 20.5 Å². The Morgan fingerprint density at radius 1 is 1.19 bits per heavy atom. The molecule has 21 heavy (non-hydrogen) atoms. The average Bonchev–Trinajstić information content (AvgIpc) is 2.53. The van der Waals surface area contributed by atoms with Gasteiger partial charge in [-0.3, -0.25) is 0 Å². The Morgan fingerprint density at radius 3 is 2.67 bits per heavy atom. The second-order valence-corrected chi connectivity index (χ2v) is 4.46. The molecule has 0 amide bonds. The standard InChI is InChI=1S/C16H18N2O3/c1-20-15-6-4-3-5-11(15)10-18-12-7-8-14(17)13(9-12)16(19)21-2/h3-9,18H,10,17H2,1-2H3. The Labute approximate surface area is 123 Å². The third kappa shape index (κ3) is 3.45. The van der Waals surface area contributed by atoms with E-state index in [9.17, 15) is 4.79 Å². The number of para-hydroxylation sites is 1. The summed E-state index contributed by atoms with van der Waals surface area (Å²) in [5.41, 5.74) is 8.33. The Bertz CT molecular complexity index is 641. The molecule has 0 aliphatic rings. The molecule has 110 valence electrons. The number of methoxy groups -OCH3 is 2. The zero-order valence-electron chi connectivity index (χ0n) is 12.1. The zero-order valence-corrected chi connectivity index (χ0v) is 12.1. The molecule has 0 atom stereocenters. The SMILES string of the molecule is COC(=O)c1cc(NCc2ccccc2OC)ccc1N. The van der Waals surface area contributed by atoms with Gasteiger partial charge in [-0.2, -0.15) is 0 Å². The van der Waals surface area contributed by atoms with Gasteiger partial charge >= 0.3 is 5.97 Å². The molecular weight excluding hydrogens is 268 g/mol. The molecule has 0 heterocycles. The summed E-state index contributed by atoms with van der Waals surface area (Å²) in [6, 6.07) is 12.9. The average molecular weight is 286 g/mol. The van der Waals surface area contributed by atoms with E-state index >= 15 is 0 Å². The zero-order chi connectivity index (χ0) is 15.2. The van der Waals surface area contributed by atoms with Crippen LogP contribution in [0.4, 0.5) is 11.4 Å². The number of rotatable bonds is 5. The van der Waals surface area contributed by atoms with Crippen molar-refractivity contribution in [2.45, 2.75) is 6.54 Å². The Morgan fingerprint density at radius 2 is 1.95 bits per heavy atom. The number of nitrogens with two attached hydrogens (primary N) is 1.